The first kappa shape index (κ1) is 36.3. The van der Waals surface area contributed by atoms with E-state index in [0.29, 0.717) is 5.75 Å². The summed E-state index contributed by atoms with van der Waals surface area (Å²) in [6.45, 7) is 32.1. The Kier molecular flexibility index (Phi) is 10.9. The first-order chi connectivity index (χ1) is 20.3. The maximum Gasteiger partial charge on any atom is 0.391 e. The van der Waals surface area contributed by atoms with Crippen molar-refractivity contribution in [2.75, 3.05) is 0 Å². The van der Waals surface area contributed by atoms with Crippen molar-refractivity contribution < 1.29 is 14.3 Å². The van der Waals surface area contributed by atoms with Crippen LogP contribution in [0.4, 0.5) is 0 Å². The molecule has 0 fully saturated rings. The first-order valence-corrected chi connectivity index (χ1v) is 17.7. The Labute approximate surface area is 270 Å². The Morgan fingerprint density at radius 2 is 0.886 bits per heavy atom. The van der Waals surface area contributed by atoms with Gasteiger partial charge in [-0.1, -0.05) is 131 Å². The van der Waals surface area contributed by atoms with Crippen LogP contribution in [0.15, 0.2) is 42.5 Å². The predicted octanol–water partition coefficient (Wildman–Crippen LogP) is 12.0. The normalized spacial score (nSPS) is 13.1. The molecule has 242 valence electrons. The molecular formula is C40H59O3P. The van der Waals surface area contributed by atoms with Crippen molar-refractivity contribution in [3.05, 3.63) is 75.8 Å². The molecule has 4 heteroatoms. The Morgan fingerprint density at radius 1 is 0.545 bits per heavy atom. The molecule has 3 aromatic rings. The van der Waals surface area contributed by atoms with E-state index in [-0.39, 0.29) is 21.7 Å². The molecule has 3 nitrogen and oxygen atoms in total. The van der Waals surface area contributed by atoms with Gasteiger partial charge in [-0.05, 0) is 106 Å². The maximum atomic E-state index is 10.3. The largest absolute Gasteiger partial charge is 0.426 e. The van der Waals surface area contributed by atoms with Gasteiger partial charge in [0.25, 0.3) is 0 Å². The van der Waals surface area contributed by atoms with Crippen LogP contribution < -0.4 is 4.52 Å². The molecule has 0 heterocycles. The van der Waals surface area contributed by atoms with E-state index in [1.54, 1.807) is 0 Å². The summed E-state index contributed by atoms with van der Waals surface area (Å²) in [4.78, 5) is 20.6. The molecule has 0 aliphatic carbocycles. The second-order valence-corrected chi connectivity index (χ2v) is 16.1. The van der Waals surface area contributed by atoms with E-state index < -0.39 is 8.60 Å². The summed E-state index contributed by atoms with van der Waals surface area (Å²) in [5, 5.41) is 0. The van der Waals surface area contributed by atoms with Gasteiger partial charge in [0.2, 0.25) is 0 Å². The third-order valence-electron chi connectivity index (χ3n) is 10.7. The summed E-state index contributed by atoms with van der Waals surface area (Å²) in [5.74, 6) is 0.518. The minimum absolute atomic E-state index is 0.0844. The predicted molar refractivity (Wildman–Crippen MR) is 192 cm³/mol. The van der Waals surface area contributed by atoms with Gasteiger partial charge in [-0.15, -0.1) is 0 Å². The van der Waals surface area contributed by atoms with Gasteiger partial charge < -0.3 is 14.3 Å². The van der Waals surface area contributed by atoms with Gasteiger partial charge in [-0.2, -0.15) is 0 Å². The molecule has 2 N–H and O–H groups in total. The lowest BCUT2D eigenvalue weighted by atomic mass is 9.67. The lowest BCUT2D eigenvalue weighted by Gasteiger charge is -2.37. The quantitative estimate of drug-likeness (QED) is 0.199. The minimum atomic E-state index is -2.63. The van der Waals surface area contributed by atoms with Crippen molar-refractivity contribution in [2.45, 2.75) is 144 Å². The van der Waals surface area contributed by atoms with Crippen LogP contribution in [0.25, 0.3) is 22.3 Å². The van der Waals surface area contributed by atoms with E-state index in [0.717, 1.165) is 42.4 Å². The molecule has 0 saturated heterocycles. The molecular weight excluding hydrogens is 559 g/mol. The van der Waals surface area contributed by atoms with Crippen LogP contribution in [0.2, 0.25) is 0 Å². The second kappa shape index (κ2) is 13.3. The smallest absolute Gasteiger partial charge is 0.391 e. The van der Waals surface area contributed by atoms with Crippen LogP contribution in [0.5, 0.6) is 5.75 Å². The van der Waals surface area contributed by atoms with Gasteiger partial charge in [0.15, 0.2) is 0 Å². The van der Waals surface area contributed by atoms with Crippen LogP contribution in [0.3, 0.4) is 0 Å². The standard InChI is InChI=1S/C40H59O3P/c1-15-37(7,8)29-22-26(5)23-30(38(9,10)16-2)34(29)28-20-19-21-33(43-44(41)42)35(28)36-31(39(11,12)17-3)24-27(6)25-32(36)40(13,14)18-4/h19-25,41-42H,15-18H2,1-14H3. The number of aryl methyl sites for hydroxylation is 2. The van der Waals surface area contributed by atoms with Crippen molar-refractivity contribution in [3.63, 3.8) is 0 Å². The topological polar surface area (TPSA) is 49.7 Å². The molecule has 0 amide bonds. The van der Waals surface area contributed by atoms with E-state index >= 15 is 0 Å². The van der Waals surface area contributed by atoms with Gasteiger partial charge in [0.05, 0.1) is 0 Å². The second-order valence-electron chi connectivity index (χ2n) is 15.4. The molecule has 0 saturated carbocycles. The Bertz CT molecular complexity index is 1400. The zero-order chi connectivity index (χ0) is 33.4. The van der Waals surface area contributed by atoms with Crippen LogP contribution in [0, 0.1) is 13.8 Å². The fourth-order valence-electron chi connectivity index (χ4n) is 6.19. The molecule has 0 aliphatic rings. The molecule has 44 heavy (non-hydrogen) atoms. The summed E-state index contributed by atoms with van der Waals surface area (Å²) < 4.78 is 6.00. The Hall–Kier alpha value is -2.19. The molecule has 0 radical (unpaired) electrons. The average molecular weight is 619 g/mol. The molecule has 0 aliphatic heterocycles. The Balaban J connectivity index is 2.79. The van der Waals surface area contributed by atoms with Gasteiger partial charge in [0, 0.05) is 5.56 Å². The van der Waals surface area contributed by atoms with Crippen molar-refractivity contribution in [2.24, 2.45) is 0 Å². The summed E-state index contributed by atoms with van der Waals surface area (Å²) >= 11 is 0. The first-order valence-electron chi connectivity index (χ1n) is 16.6. The van der Waals surface area contributed by atoms with Crippen LogP contribution >= 0.6 is 8.60 Å². The van der Waals surface area contributed by atoms with Crippen LogP contribution in [-0.2, 0) is 21.7 Å². The Morgan fingerprint density at radius 3 is 1.20 bits per heavy atom. The van der Waals surface area contributed by atoms with Gasteiger partial charge in [-0.3, -0.25) is 0 Å². The molecule has 3 aromatic carbocycles. The molecule has 0 bridgehead atoms. The van der Waals surface area contributed by atoms with Gasteiger partial charge in [-0.25, -0.2) is 0 Å². The summed E-state index contributed by atoms with van der Waals surface area (Å²) in [6.07, 6.45) is 3.92. The number of hydrogen-bond donors (Lipinski definition) is 2. The zero-order valence-electron chi connectivity index (χ0n) is 30.1. The van der Waals surface area contributed by atoms with E-state index in [2.05, 4.69) is 127 Å². The monoisotopic (exact) mass is 618 g/mol. The van der Waals surface area contributed by atoms with E-state index in [9.17, 15) is 9.79 Å². The van der Waals surface area contributed by atoms with Crippen molar-refractivity contribution in [1.82, 2.24) is 0 Å². The highest BCUT2D eigenvalue weighted by molar-refractivity contribution is 7.39. The van der Waals surface area contributed by atoms with Crippen LogP contribution in [0.1, 0.15) is 142 Å². The van der Waals surface area contributed by atoms with Gasteiger partial charge in [0.1, 0.15) is 5.75 Å². The fraction of sp³-hybridized carbons (Fsp3) is 0.550. The zero-order valence-corrected chi connectivity index (χ0v) is 31.0. The van der Waals surface area contributed by atoms with Crippen molar-refractivity contribution >= 4 is 8.60 Å². The third kappa shape index (κ3) is 7.11. The van der Waals surface area contributed by atoms with Crippen LogP contribution in [-0.4, -0.2) is 9.79 Å². The van der Waals surface area contributed by atoms with Crippen molar-refractivity contribution in [3.8, 4) is 28.0 Å². The highest BCUT2D eigenvalue weighted by Gasteiger charge is 2.36. The van der Waals surface area contributed by atoms with Crippen molar-refractivity contribution in [1.29, 1.82) is 0 Å². The summed E-state index contributed by atoms with van der Waals surface area (Å²) in [7, 11) is -2.63. The lowest BCUT2D eigenvalue weighted by molar-refractivity contribution is 0.375. The highest BCUT2D eigenvalue weighted by Crippen LogP contribution is 2.54. The molecule has 0 atom stereocenters. The van der Waals surface area contributed by atoms with E-state index in [1.807, 2.05) is 12.1 Å². The lowest BCUT2D eigenvalue weighted by Crippen LogP contribution is -2.25. The van der Waals surface area contributed by atoms with E-state index in [4.69, 9.17) is 4.52 Å². The molecule has 0 unspecified atom stereocenters. The SMILES string of the molecule is CCC(C)(C)c1cc(C)cc(C(C)(C)CC)c1-c1cccc(OP(O)O)c1-c1c(C(C)(C)CC)cc(C)cc1C(C)(C)CC. The average Bonchev–Trinajstić information content (AvgIpc) is 2.96. The number of hydrogen-bond acceptors (Lipinski definition) is 3. The highest BCUT2D eigenvalue weighted by atomic mass is 31.2. The summed E-state index contributed by atoms with van der Waals surface area (Å²) in [5.41, 5.74) is 11.7. The molecule has 3 rings (SSSR count). The molecule has 0 aromatic heterocycles. The number of benzene rings is 3. The molecule has 0 spiro atoms. The van der Waals surface area contributed by atoms with Gasteiger partial charge >= 0.3 is 8.60 Å². The minimum Gasteiger partial charge on any atom is -0.426 e. The third-order valence-corrected chi connectivity index (χ3v) is 11.1. The maximum absolute atomic E-state index is 10.3. The number of rotatable bonds is 12. The summed E-state index contributed by atoms with van der Waals surface area (Å²) in [6, 6.07) is 15.6. The van der Waals surface area contributed by atoms with E-state index in [1.165, 1.54) is 38.9 Å². The fourth-order valence-corrected chi connectivity index (χ4v) is 6.52.